The van der Waals surface area contributed by atoms with Crippen molar-refractivity contribution >= 4 is 86.8 Å². The summed E-state index contributed by atoms with van der Waals surface area (Å²) in [5.74, 6) is 0. The third-order valence-electron chi connectivity index (χ3n) is 10.5. The fourth-order valence-corrected chi connectivity index (χ4v) is 9.51. The normalized spacial score (nSPS) is 12.9. The summed E-state index contributed by atoms with van der Waals surface area (Å²) in [7, 11) is -18.2. The van der Waals surface area contributed by atoms with Crippen molar-refractivity contribution in [3.63, 3.8) is 0 Å². The first-order valence-electron chi connectivity index (χ1n) is 18.7. The number of aromatic nitrogens is 4. The summed E-state index contributed by atoms with van der Waals surface area (Å²) in [6.45, 7) is 0. The second-order valence-electron chi connectivity index (χ2n) is 14.5. The second-order valence-corrected chi connectivity index (χ2v) is 20.2. The molecule has 4 aromatic carbocycles. The third kappa shape index (κ3) is 8.89. The molecule has 0 saturated heterocycles. The maximum absolute atomic E-state index is 12.0. The molecule has 0 amide bonds. The molecule has 16 nitrogen and oxygen atoms in total. The van der Waals surface area contributed by atoms with Gasteiger partial charge in [-0.2, -0.15) is 33.7 Å². The van der Waals surface area contributed by atoms with E-state index in [0.717, 1.165) is 0 Å². The Morgan fingerprint density at radius 2 is 0.492 bits per heavy atom. The van der Waals surface area contributed by atoms with E-state index in [1.807, 2.05) is 0 Å². The molecule has 330 valence electrons. The molecule has 5 heterocycles. The Labute approximate surface area is 381 Å². The Kier molecular flexibility index (Phi) is 11.5. The standard InChI is InChI=1S/C44H30N4O12S4.Fe/c49-61(50,51)29-9-1-25(2-10-29)41-33-17-19-35(45-33)42(26-3-11-30(12-4-26)62(52,53)54)37-21-23-39(47-37)44(28-7-15-32(16-8-28)64(58,59)60)40-24-22-38(48-40)43(36-20-18-34(41)46-36)27-5-13-31(14-6-27)63(55,56)57;/h1-24,45,48H,(H,49,50,51)(H,52,53,54)(H,55,56,57)(H,58,59,60);. The average molecular weight is 991 g/mol. The van der Waals surface area contributed by atoms with E-state index in [9.17, 15) is 51.9 Å². The molecule has 9 rings (SSSR count). The minimum atomic E-state index is -4.55. The molecule has 21 heteroatoms. The largest absolute Gasteiger partial charge is 0.354 e. The molecule has 8 bridgehead atoms. The summed E-state index contributed by atoms with van der Waals surface area (Å²) in [4.78, 5) is 15.6. The fraction of sp³-hybridized carbons (Fsp3) is 0. The zero-order valence-electron chi connectivity index (χ0n) is 32.8. The molecule has 6 N–H and O–H groups in total. The van der Waals surface area contributed by atoms with E-state index in [1.165, 1.54) is 97.1 Å². The molecule has 0 radical (unpaired) electrons. The first-order chi connectivity index (χ1) is 30.2. The number of benzene rings is 4. The van der Waals surface area contributed by atoms with E-state index in [2.05, 4.69) is 9.97 Å². The van der Waals surface area contributed by atoms with Crippen molar-refractivity contribution in [2.24, 2.45) is 0 Å². The van der Waals surface area contributed by atoms with Crippen molar-refractivity contribution in [1.29, 1.82) is 0 Å². The van der Waals surface area contributed by atoms with Gasteiger partial charge in [-0.25, -0.2) is 9.97 Å². The number of rotatable bonds is 8. The summed E-state index contributed by atoms with van der Waals surface area (Å²) in [5, 5.41) is 0. The van der Waals surface area contributed by atoms with Crippen molar-refractivity contribution in [1.82, 2.24) is 19.9 Å². The topological polar surface area (TPSA) is 275 Å². The molecule has 3 aromatic heterocycles. The molecule has 7 aromatic rings. The molecule has 0 unspecified atom stereocenters. The van der Waals surface area contributed by atoms with Crippen LogP contribution in [0.4, 0.5) is 0 Å². The van der Waals surface area contributed by atoms with Gasteiger partial charge in [-0.05, 0) is 119 Å². The van der Waals surface area contributed by atoms with Gasteiger partial charge < -0.3 is 9.97 Å². The quantitative estimate of drug-likeness (QED) is 0.0617. The van der Waals surface area contributed by atoms with Gasteiger partial charge in [0.15, 0.2) is 0 Å². The van der Waals surface area contributed by atoms with Gasteiger partial charge >= 0.3 is 0 Å². The number of aromatic amines is 2. The Balaban J connectivity index is 0.00000576. The number of nitrogens with zero attached hydrogens (tertiary/aromatic N) is 2. The van der Waals surface area contributed by atoms with Gasteiger partial charge in [-0.1, -0.05) is 48.5 Å². The molecule has 0 fully saturated rings. The summed E-state index contributed by atoms with van der Waals surface area (Å²) in [5.41, 5.74) is 7.41. The Bertz CT molecular complexity index is 3300. The predicted molar refractivity (Wildman–Crippen MR) is 240 cm³/mol. The molecule has 2 aliphatic heterocycles. The zero-order chi connectivity index (χ0) is 45.3. The van der Waals surface area contributed by atoms with Gasteiger partial charge in [-0.15, -0.1) is 0 Å². The number of hydrogen-bond acceptors (Lipinski definition) is 10. The maximum Gasteiger partial charge on any atom is 0.294 e. The van der Waals surface area contributed by atoms with E-state index in [1.54, 1.807) is 48.6 Å². The number of nitrogens with one attached hydrogen (secondary N) is 2. The summed E-state index contributed by atoms with van der Waals surface area (Å²) in [6, 6.07) is 29.0. The van der Waals surface area contributed by atoms with E-state index >= 15 is 0 Å². The molecule has 0 aliphatic carbocycles. The molecular weight excluding hydrogens is 961 g/mol. The van der Waals surface area contributed by atoms with Crippen LogP contribution in [0.2, 0.25) is 0 Å². The first-order valence-corrected chi connectivity index (χ1v) is 24.5. The molecule has 2 aliphatic rings. The summed E-state index contributed by atoms with van der Waals surface area (Å²) in [6.07, 6.45) is 6.92. The van der Waals surface area contributed by atoms with Crippen LogP contribution in [-0.2, 0) is 57.5 Å². The average Bonchev–Trinajstić information content (AvgIpc) is 4.08. The van der Waals surface area contributed by atoms with Crippen LogP contribution < -0.4 is 0 Å². The van der Waals surface area contributed by atoms with E-state index < -0.39 is 40.5 Å². The summed E-state index contributed by atoms with van der Waals surface area (Å²) < 4.78 is 135. The van der Waals surface area contributed by atoms with Crippen molar-refractivity contribution in [2.45, 2.75) is 19.6 Å². The monoisotopic (exact) mass is 990 g/mol. The van der Waals surface area contributed by atoms with E-state index in [-0.39, 0.29) is 36.7 Å². The van der Waals surface area contributed by atoms with E-state index in [0.29, 0.717) is 89.4 Å². The van der Waals surface area contributed by atoms with Crippen LogP contribution in [0.1, 0.15) is 22.8 Å². The zero-order valence-corrected chi connectivity index (χ0v) is 37.2. The Hall–Kier alpha value is -6.36. The van der Waals surface area contributed by atoms with E-state index in [4.69, 9.17) is 9.97 Å². The molecule has 65 heavy (non-hydrogen) atoms. The summed E-state index contributed by atoms with van der Waals surface area (Å²) >= 11 is 0. The minimum Gasteiger partial charge on any atom is -0.354 e. The van der Waals surface area contributed by atoms with Gasteiger partial charge in [0.2, 0.25) is 0 Å². The van der Waals surface area contributed by atoms with Crippen LogP contribution in [0.25, 0.3) is 90.9 Å². The molecule has 0 atom stereocenters. The van der Waals surface area contributed by atoms with Crippen LogP contribution in [0, 0.1) is 0 Å². The molecule has 0 saturated carbocycles. The fourth-order valence-electron chi connectivity index (χ4n) is 7.59. The minimum absolute atomic E-state index is 0. The second kappa shape index (κ2) is 16.6. The van der Waals surface area contributed by atoms with Crippen LogP contribution >= 0.6 is 0 Å². The Morgan fingerprint density at radius 1 is 0.308 bits per heavy atom. The van der Waals surface area contributed by atoms with Crippen molar-refractivity contribution in [3.8, 4) is 44.5 Å². The predicted octanol–water partition coefficient (Wildman–Crippen LogP) is 8.31. The third-order valence-corrected chi connectivity index (χ3v) is 14.0. The van der Waals surface area contributed by atoms with Gasteiger partial charge in [0, 0.05) is 61.4 Å². The molecular formula is C44H30FeN4O12S4. The Morgan fingerprint density at radius 3 is 0.662 bits per heavy atom. The van der Waals surface area contributed by atoms with Crippen molar-refractivity contribution in [3.05, 3.63) is 144 Å². The van der Waals surface area contributed by atoms with Gasteiger partial charge in [0.05, 0.1) is 42.4 Å². The smallest absolute Gasteiger partial charge is 0.294 e. The van der Waals surface area contributed by atoms with Crippen molar-refractivity contribution in [2.75, 3.05) is 0 Å². The van der Waals surface area contributed by atoms with Gasteiger partial charge in [0.1, 0.15) is 0 Å². The SMILES string of the molecule is O=S(=O)(O)c1ccc(-c2c3nc(c(-c4ccc(S(=O)(=O)O)cc4)c4ccc([nH]4)c(-c4ccc(S(=O)(=O)O)cc4)c4nc(c(-c5ccc(S(=O)(=O)O)cc5)c5ccc2[nH]5)C=C4)C=C3)cc1.[Fe]. The van der Waals surface area contributed by atoms with Crippen LogP contribution in [0.3, 0.4) is 0 Å². The molecule has 0 spiro atoms. The number of fused-ring (bicyclic) bond motifs is 8. The van der Waals surface area contributed by atoms with Crippen LogP contribution in [-0.4, -0.2) is 71.8 Å². The number of H-pyrrole nitrogens is 2. The van der Waals surface area contributed by atoms with Crippen molar-refractivity contribution < 1.29 is 69.0 Å². The number of hydrogen-bond donors (Lipinski definition) is 6. The maximum atomic E-state index is 12.0. The van der Waals surface area contributed by atoms with Crippen LogP contribution in [0.5, 0.6) is 0 Å². The van der Waals surface area contributed by atoms with Crippen LogP contribution in [0.15, 0.2) is 141 Å². The van der Waals surface area contributed by atoms with Gasteiger partial charge in [-0.3, -0.25) is 18.2 Å². The first kappa shape index (κ1) is 45.2. The van der Waals surface area contributed by atoms with Gasteiger partial charge in [0.25, 0.3) is 40.5 Å².